The maximum Gasteiger partial charge on any atom is 0.191 e. The normalized spacial score (nSPS) is 16.8. The van der Waals surface area contributed by atoms with E-state index in [1.807, 2.05) is 12.1 Å². The zero-order chi connectivity index (χ0) is 16.1. The van der Waals surface area contributed by atoms with Crippen molar-refractivity contribution in [3.05, 3.63) is 45.9 Å². The van der Waals surface area contributed by atoms with Crippen LogP contribution in [0.1, 0.15) is 23.2 Å². The minimum atomic E-state index is 0.150. The first-order valence-corrected chi connectivity index (χ1v) is 8.78. The Morgan fingerprint density at radius 3 is 3.00 bits per heavy atom. The molecule has 1 atom stereocenters. The maximum atomic E-state index is 5.93. The molecule has 1 unspecified atom stereocenters. The van der Waals surface area contributed by atoms with E-state index in [1.54, 1.807) is 18.4 Å². The predicted molar refractivity (Wildman–Crippen MR) is 94.3 cm³/mol. The van der Waals surface area contributed by atoms with Gasteiger partial charge in [-0.25, -0.2) is 4.98 Å². The third-order valence-electron chi connectivity index (χ3n) is 3.77. The second-order valence-corrected chi connectivity index (χ2v) is 6.39. The van der Waals surface area contributed by atoms with Gasteiger partial charge in [-0.3, -0.25) is 4.99 Å². The number of guanidine groups is 1. The molecule has 0 fully saturated rings. The van der Waals surface area contributed by atoms with Gasteiger partial charge >= 0.3 is 0 Å². The van der Waals surface area contributed by atoms with Gasteiger partial charge in [-0.2, -0.15) is 0 Å². The van der Waals surface area contributed by atoms with Crippen molar-refractivity contribution < 1.29 is 4.74 Å². The lowest BCUT2D eigenvalue weighted by Crippen LogP contribution is -2.42. The Bertz CT molecular complexity index is 658. The van der Waals surface area contributed by atoms with E-state index < -0.39 is 0 Å². The molecule has 2 heterocycles. The molecule has 1 aromatic heterocycles. The van der Waals surface area contributed by atoms with E-state index in [1.165, 1.54) is 10.6 Å². The number of aliphatic imine (C=N–C) groups is 1. The van der Waals surface area contributed by atoms with Crippen molar-refractivity contribution >= 4 is 17.3 Å². The molecule has 2 aromatic rings. The first-order valence-electron chi connectivity index (χ1n) is 7.91. The Hall–Kier alpha value is -2.08. The molecule has 1 aliphatic heterocycles. The van der Waals surface area contributed by atoms with Crippen molar-refractivity contribution in [1.29, 1.82) is 0 Å². The smallest absolute Gasteiger partial charge is 0.191 e. The number of ether oxygens (including phenoxy) is 1. The van der Waals surface area contributed by atoms with Gasteiger partial charge in [0.1, 0.15) is 11.9 Å². The van der Waals surface area contributed by atoms with E-state index in [9.17, 15) is 0 Å². The number of hydrogen-bond acceptors (Lipinski definition) is 4. The topological polar surface area (TPSA) is 58.5 Å². The fourth-order valence-corrected chi connectivity index (χ4v) is 3.31. The standard InChI is InChI=1S/C17H22N4OS/c1-3-16-21-13(11-23-16)9-19-17(18-2)20-10-14-8-12-6-4-5-7-15(12)22-14/h4-7,11,14H,3,8-10H2,1-2H3,(H2,18,19,20). The van der Waals surface area contributed by atoms with Gasteiger partial charge < -0.3 is 15.4 Å². The van der Waals surface area contributed by atoms with Crippen LogP contribution in [0.25, 0.3) is 0 Å². The average molecular weight is 330 g/mol. The van der Waals surface area contributed by atoms with Gasteiger partial charge in [0.15, 0.2) is 5.96 Å². The number of benzene rings is 1. The number of nitrogens with zero attached hydrogens (tertiary/aromatic N) is 2. The number of hydrogen-bond donors (Lipinski definition) is 2. The van der Waals surface area contributed by atoms with Gasteiger partial charge in [-0.1, -0.05) is 25.1 Å². The summed E-state index contributed by atoms with van der Waals surface area (Å²) in [5, 5.41) is 9.88. The summed E-state index contributed by atoms with van der Waals surface area (Å²) in [6.07, 6.45) is 2.07. The highest BCUT2D eigenvalue weighted by Gasteiger charge is 2.22. The molecule has 0 saturated carbocycles. The fraction of sp³-hybridized carbons (Fsp3) is 0.412. The SMILES string of the molecule is CCc1nc(CNC(=NC)NCC2Cc3ccccc3O2)cs1. The second-order valence-electron chi connectivity index (χ2n) is 5.44. The minimum Gasteiger partial charge on any atom is -0.488 e. The van der Waals surface area contributed by atoms with Crippen molar-refractivity contribution in [3.8, 4) is 5.75 Å². The monoisotopic (exact) mass is 330 g/mol. The van der Waals surface area contributed by atoms with Crippen molar-refractivity contribution in [3.63, 3.8) is 0 Å². The largest absolute Gasteiger partial charge is 0.488 e. The van der Waals surface area contributed by atoms with Gasteiger partial charge in [-0.05, 0) is 18.1 Å². The van der Waals surface area contributed by atoms with Gasteiger partial charge in [0.25, 0.3) is 0 Å². The number of thiazole rings is 1. The summed E-state index contributed by atoms with van der Waals surface area (Å²) < 4.78 is 5.93. The van der Waals surface area contributed by atoms with E-state index >= 15 is 0 Å². The van der Waals surface area contributed by atoms with Crippen LogP contribution in [0.15, 0.2) is 34.6 Å². The molecule has 0 spiro atoms. The lowest BCUT2D eigenvalue weighted by atomic mass is 10.1. The molecule has 2 N–H and O–H groups in total. The summed E-state index contributed by atoms with van der Waals surface area (Å²) in [6.45, 7) is 3.53. The Balaban J connectivity index is 1.45. The van der Waals surface area contributed by atoms with Crippen LogP contribution in [-0.4, -0.2) is 30.6 Å². The van der Waals surface area contributed by atoms with Crippen LogP contribution < -0.4 is 15.4 Å². The van der Waals surface area contributed by atoms with E-state index in [2.05, 4.69) is 45.0 Å². The van der Waals surface area contributed by atoms with Crippen LogP contribution in [-0.2, 0) is 19.4 Å². The molecule has 0 radical (unpaired) electrons. The molecule has 0 bridgehead atoms. The van der Waals surface area contributed by atoms with Crippen LogP contribution in [0.4, 0.5) is 0 Å². The summed E-state index contributed by atoms with van der Waals surface area (Å²) in [6, 6.07) is 8.20. The molecule has 1 aliphatic rings. The highest BCUT2D eigenvalue weighted by atomic mass is 32.1. The number of para-hydroxylation sites is 1. The maximum absolute atomic E-state index is 5.93. The lowest BCUT2D eigenvalue weighted by Gasteiger charge is -2.15. The van der Waals surface area contributed by atoms with Crippen molar-refractivity contribution in [1.82, 2.24) is 15.6 Å². The summed E-state index contributed by atoms with van der Waals surface area (Å²) in [5.74, 6) is 1.77. The number of fused-ring (bicyclic) bond motifs is 1. The first-order chi connectivity index (χ1) is 11.3. The lowest BCUT2D eigenvalue weighted by molar-refractivity contribution is 0.235. The molecule has 5 nitrogen and oxygen atoms in total. The second kappa shape index (κ2) is 7.46. The zero-order valence-electron chi connectivity index (χ0n) is 13.5. The zero-order valence-corrected chi connectivity index (χ0v) is 14.3. The molecule has 6 heteroatoms. The molecule has 23 heavy (non-hydrogen) atoms. The van der Waals surface area contributed by atoms with Crippen LogP contribution in [0, 0.1) is 0 Å². The van der Waals surface area contributed by atoms with Crippen molar-refractivity contribution in [2.24, 2.45) is 4.99 Å². The number of aryl methyl sites for hydroxylation is 1. The first kappa shape index (κ1) is 15.8. The Morgan fingerprint density at radius 1 is 1.39 bits per heavy atom. The summed E-state index contributed by atoms with van der Waals surface area (Å²) in [4.78, 5) is 8.80. The number of rotatable bonds is 5. The molecule has 1 aromatic carbocycles. The van der Waals surface area contributed by atoms with E-state index in [0.717, 1.165) is 36.8 Å². The van der Waals surface area contributed by atoms with E-state index in [-0.39, 0.29) is 6.10 Å². The Kier molecular flexibility index (Phi) is 5.12. The highest BCUT2D eigenvalue weighted by molar-refractivity contribution is 7.09. The van der Waals surface area contributed by atoms with Crippen LogP contribution >= 0.6 is 11.3 Å². The summed E-state index contributed by atoms with van der Waals surface area (Å²) >= 11 is 1.70. The van der Waals surface area contributed by atoms with Crippen LogP contribution in [0.3, 0.4) is 0 Å². The molecule has 0 saturated heterocycles. The van der Waals surface area contributed by atoms with Crippen LogP contribution in [0.2, 0.25) is 0 Å². The number of nitrogens with one attached hydrogen (secondary N) is 2. The van der Waals surface area contributed by atoms with Gasteiger partial charge in [0, 0.05) is 18.8 Å². The van der Waals surface area contributed by atoms with Crippen LogP contribution in [0.5, 0.6) is 5.75 Å². The van der Waals surface area contributed by atoms with Gasteiger partial charge in [-0.15, -0.1) is 11.3 Å². The third kappa shape index (κ3) is 4.01. The van der Waals surface area contributed by atoms with Crippen molar-refractivity contribution in [2.75, 3.05) is 13.6 Å². The van der Waals surface area contributed by atoms with Gasteiger partial charge in [0.05, 0.1) is 23.8 Å². The molecular formula is C17H22N4OS. The Labute approximate surface area is 140 Å². The van der Waals surface area contributed by atoms with E-state index in [0.29, 0.717) is 6.54 Å². The quantitative estimate of drug-likeness (QED) is 0.653. The van der Waals surface area contributed by atoms with Crippen molar-refractivity contribution in [2.45, 2.75) is 32.4 Å². The fourth-order valence-electron chi connectivity index (χ4n) is 2.57. The third-order valence-corrected chi connectivity index (χ3v) is 4.82. The highest BCUT2D eigenvalue weighted by Crippen LogP contribution is 2.27. The number of aromatic nitrogens is 1. The summed E-state index contributed by atoms with van der Waals surface area (Å²) in [5.41, 5.74) is 2.33. The van der Waals surface area contributed by atoms with Gasteiger partial charge in [0.2, 0.25) is 0 Å². The predicted octanol–water partition coefficient (Wildman–Crippen LogP) is 2.37. The molecule has 3 rings (SSSR count). The molecular weight excluding hydrogens is 308 g/mol. The van der Waals surface area contributed by atoms with E-state index in [4.69, 9.17) is 4.74 Å². The molecule has 122 valence electrons. The Morgan fingerprint density at radius 2 is 2.26 bits per heavy atom. The average Bonchev–Trinajstić information content (AvgIpc) is 3.21. The minimum absolute atomic E-state index is 0.150. The molecule has 0 aliphatic carbocycles. The summed E-state index contributed by atoms with van der Waals surface area (Å²) in [7, 11) is 1.78. The molecule has 0 amide bonds.